The first-order valence-corrected chi connectivity index (χ1v) is 8.78. The number of rotatable bonds is 8. The van der Waals surface area contributed by atoms with Crippen molar-refractivity contribution in [3.8, 4) is 11.5 Å². The molecular weight excluding hydrogens is 328 g/mol. The van der Waals surface area contributed by atoms with Gasteiger partial charge in [-0.15, -0.1) is 0 Å². The van der Waals surface area contributed by atoms with Crippen molar-refractivity contribution < 1.29 is 14.3 Å². The lowest BCUT2D eigenvalue weighted by Gasteiger charge is -2.09. The summed E-state index contributed by atoms with van der Waals surface area (Å²) in [4.78, 5) is 12.1. The van der Waals surface area contributed by atoms with Gasteiger partial charge < -0.3 is 9.47 Å². The summed E-state index contributed by atoms with van der Waals surface area (Å²) in [5.41, 5.74) is 5.02. The molecule has 0 saturated carbocycles. The molecule has 2 aromatic rings. The Balaban J connectivity index is 1.88. The highest BCUT2D eigenvalue weighted by atomic mass is 16.5. The van der Waals surface area contributed by atoms with Crippen molar-refractivity contribution in [1.29, 1.82) is 0 Å². The molecule has 0 heterocycles. The number of carbonyl (C=O) groups excluding carboxylic acids is 1. The van der Waals surface area contributed by atoms with E-state index in [4.69, 9.17) is 9.47 Å². The van der Waals surface area contributed by atoms with Crippen LogP contribution in [-0.4, -0.2) is 18.2 Å². The van der Waals surface area contributed by atoms with Crippen LogP contribution in [0, 0.1) is 5.92 Å². The lowest BCUT2D eigenvalue weighted by atomic mass is 10.1. The molecule has 0 saturated heterocycles. The summed E-state index contributed by atoms with van der Waals surface area (Å²) in [5.74, 6) is 1.68. The maximum Gasteiger partial charge on any atom is 0.271 e. The van der Waals surface area contributed by atoms with Gasteiger partial charge in [0.15, 0.2) is 0 Å². The second kappa shape index (κ2) is 9.61. The SMILES string of the molecule is CCOc1ccc(OCc2ccc(C(=O)N/N=C(\C)C(C)C)cc2)cc1. The van der Waals surface area contributed by atoms with Crippen molar-refractivity contribution in [3.63, 3.8) is 0 Å². The second-order valence-electron chi connectivity index (χ2n) is 6.24. The fourth-order valence-electron chi connectivity index (χ4n) is 2.05. The number of benzene rings is 2. The smallest absolute Gasteiger partial charge is 0.271 e. The monoisotopic (exact) mass is 354 g/mol. The summed E-state index contributed by atoms with van der Waals surface area (Å²) in [6.45, 7) is 8.98. The molecule has 26 heavy (non-hydrogen) atoms. The number of ether oxygens (including phenoxy) is 2. The third-order valence-corrected chi connectivity index (χ3v) is 3.93. The maximum absolute atomic E-state index is 12.1. The van der Waals surface area contributed by atoms with E-state index in [1.54, 1.807) is 12.1 Å². The second-order valence-corrected chi connectivity index (χ2v) is 6.24. The molecule has 0 aliphatic carbocycles. The Morgan fingerprint density at radius 2 is 1.58 bits per heavy atom. The molecule has 0 aliphatic heterocycles. The summed E-state index contributed by atoms with van der Waals surface area (Å²) in [6.07, 6.45) is 0. The van der Waals surface area contributed by atoms with E-state index in [1.165, 1.54) is 0 Å². The molecule has 0 unspecified atom stereocenters. The van der Waals surface area contributed by atoms with Gasteiger partial charge in [0.2, 0.25) is 0 Å². The van der Waals surface area contributed by atoms with Gasteiger partial charge >= 0.3 is 0 Å². The minimum atomic E-state index is -0.219. The third-order valence-electron chi connectivity index (χ3n) is 3.93. The lowest BCUT2D eigenvalue weighted by Crippen LogP contribution is -2.20. The summed E-state index contributed by atoms with van der Waals surface area (Å²) in [6, 6.07) is 14.8. The Kier molecular flexibility index (Phi) is 7.21. The van der Waals surface area contributed by atoms with Gasteiger partial charge in [-0.05, 0) is 61.7 Å². The Morgan fingerprint density at radius 1 is 1.00 bits per heavy atom. The summed E-state index contributed by atoms with van der Waals surface area (Å²) < 4.78 is 11.2. The van der Waals surface area contributed by atoms with Crippen LogP contribution in [0.2, 0.25) is 0 Å². The van der Waals surface area contributed by atoms with Crippen LogP contribution >= 0.6 is 0 Å². The van der Waals surface area contributed by atoms with Crippen molar-refractivity contribution in [3.05, 3.63) is 59.7 Å². The Bertz CT molecular complexity index is 735. The molecule has 0 radical (unpaired) electrons. The van der Waals surface area contributed by atoms with E-state index in [0.29, 0.717) is 24.7 Å². The largest absolute Gasteiger partial charge is 0.494 e. The highest BCUT2D eigenvalue weighted by Crippen LogP contribution is 2.18. The average Bonchev–Trinajstić information content (AvgIpc) is 2.65. The van der Waals surface area contributed by atoms with Crippen molar-refractivity contribution in [2.24, 2.45) is 11.0 Å². The molecule has 1 N–H and O–H groups in total. The number of nitrogens with one attached hydrogen (secondary N) is 1. The molecule has 2 aromatic carbocycles. The predicted molar refractivity (Wildman–Crippen MR) is 104 cm³/mol. The zero-order chi connectivity index (χ0) is 18.9. The van der Waals surface area contributed by atoms with Crippen LogP contribution in [-0.2, 0) is 6.61 Å². The van der Waals surface area contributed by atoms with Crippen LogP contribution in [0.4, 0.5) is 0 Å². The molecule has 1 amide bonds. The molecule has 0 atom stereocenters. The number of nitrogens with zero attached hydrogens (tertiary/aromatic N) is 1. The zero-order valence-corrected chi connectivity index (χ0v) is 15.8. The van der Waals surface area contributed by atoms with E-state index in [0.717, 1.165) is 22.8 Å². The first-order chi connectivity index (χ1) is 12.5. The van der Waals surface area contributed by atoms with Crippen LogP contribution in [0.5, 0.6) is 11.5 Å². The average molecular weight is 354 g/mol. The van der Waals surface area contributed by atoms with E-state index in [1.807, 2.05) is 64.1 Å². The Hall–Kier alpha value is -2.82. The molecule has 2 rings (SSSR count). The molecule has 0 spiro atoms. The van der Waals surface area contributed by atoms with E-state index in [9.17, 15) is 4.79 Å². The van der Waals surface area contributed by atoms with Gasteiger partial charge in [0, 0.05) is 11.3 Å². The molecule has 138 valence electrons. The molecular formula is C21H26N2O3. The van der Waals surface area contributed by atoms with E-state index < -0.39 is 0 Å². The van der Waals surface area contributed by atoms with Gasteiger partial charge in [-0.3, -0.25) is 4.79 Å². The van der Waals surface area contributed by atoms with Gasteiger partial charge in [0.1, 0.15) is 18.1 Å². The van der Waals surface area contributed by atoms with Crippen LogP contribution in [0.15, 0.2) is 53.6 Å². The van der Waals surface area contributed by atoms with Crippen molar-refractivity contribution >= 4 is 11.6 Å². The summed E-state index contributed by atoms with van der Waals surface area (Å²) >= 11 is 0. The number of hydrogen-bond donors (Lipinski definition) is 1. The van der Waals surface area contributed by atoms with Crippen LogP contribution in [0.25, 0.3) is 0 Å². The van der Waals surface area contributed by atoms with Crippen LogP contribution in [0.1, 0.15) is 43.6 Å². The van der Waals surface area contributed by atoms with Gasteiger partial charge in [-0.25, -0.2) is 5.43 Å². The first kappa shape index (κ1) is 19.5. The highest BCUT2D eigenvalue weighted by Gasteiger charge is 2.06. The fraction of sp³-hybridized carbons (Fsp3) is 0.333. The molecule has 5 nitrogen and oxygen atoms in total. The summed E-state index contributed by atoms with van der Waals surface area (Å²) in [5, 5.41) is 4.10. The Morgan fingerprint density at radius 3 is 2.12 bits per heavy atom. The number of amides is 1. The van der Waals surface area contributed by atoms with E-state index >= 15 is 0 Å². The van der Waals surface area contributed by atoms with Gasteiger partial charge in [0.25, 0.3) is 5.91 Å². The first-order valence-electron chi connectivity index (χ1n) is 8.78. The minimum Gasteiger partial charge on any atom is -0.494 e. The molecule has 0 fully saturated rings. The molecule has 5 heteroatoms. The van der Waals surface area contributed by atoms with E-state index in [-0.39, 0.29) is 5.91 Å². The van der Waals surface area contributed by atoms with Crippen LogP contribution < -0.4 is 14.9 Å². The van der Waals surface area contributed by atoms with Gasteiger partial charge in [0.05, 0.1) is 6.61 Å². The molecule has 0 bridgehead atoms. The third kappa shape index (κ3) is 5.92. The normalized spacial score (nSPS) is 11.3. The number of hydrazone groups is 1. The van der Waals surface area contributed by atoms with Crippen molar-refractivity contribution in [1.82, 2.24) is 5.43 Å². The number of hydrogen-bond acceptors (Lipinski definition) is 4. The fourth-order valence-corrected chi connectivity index (χ4v) is 2.05. The Labute approximate surface area is 155 Å². The highest BCUT2D eigenvalue weighted by molar-refractivity contribution is 5.95. The predicted octanol–water partition coefficient (Wildman–Crippen LogP) is 4.43. The lowest BCUT2D eigenvalue weighted by molar-refractivity contribution is 0.0954. The summed E-state index contributed by atoms with van der Waals surface area (Å²) in [7, 11) is 0. The quantitative estimate of drug-likeness (QED) is 0.564. The van der Waals surface area contributed by atoms with Gasteiger partial charge in [-0.2, -0.15) is 5.10 Å². The van der Waals surface area contributed by atoms with Crippen molar-refractivity contribution in [2.45, 2.75) is 34.3 Å². The standard InChI is InChI=1S/C21H26N2O3/c1-5-25-19-10-12-20(13-11-19)26-14-17-6-8-18(9-7-17)21(24)23-22-16(4)15(2)3/h6-13,15H,5,14H2,1-4H3,(H,23,24)/b22-16+. The molecule has 0 aliphatic rings. The van der Waals surface area contributed by atoms with Crippen LogP contribution in [0.3, 0.4) is 0 Å². The molecule has 0 aromatic heterocycles. The van der Waals surface area contributed by atoms with E-state index in [2.05, 4.69) is 10.5 Å². The number of carbonyl (C=O) groups is 1. The van der Waals surface area contributed by atoms with Crippen molar-refractivity contribution in [2.75, 3.05) is 6.61 Å². The topological polar surface area (TPSA) is 59.9 Å². The maximum atomic E-state index is 12.1. The zero-order valence-electron chi connectivity index (χ0n) is 15.8. The minimum absolute atomic E-state index is 0.219. The van der Waals surface area contributed by atoms with Gasteiger partial charge in [-0.1, -0.05) is 26.0 Å².